The van der Waals surface area contributed by atoms with Gasteiger partial charge in [0.1, 0.15) is 18.2 Å². The minimum atomic E-state index is -3.03. The van der Waals surface area contributed by atoms with Crippen molar-refractivity contribution in [1.82, 2.24) is 14.9 Å². The van der Waals surface area contributed by atoms with Gasteiger partial charge in [-0.25, -0.2) is 18.7 Å². The molecule has 0 unspecified atom stereocenters. The van der Waals surface area contributed by atoms with Crippen molar-refractivity contribution in [2.24, 2.45) is 0 Å². The number of nitrogens with zero attached hydrogens (tertiary/aromatic N) is 4. The molecule has 21 heavy (non-hydrogen) atoms. The lowest BCUT2D eigenvalue weighted by Gasteiger charge is -2.36. The van der Waals surface area contributed by atoms with Crippen LogP contribution >= 0.6 is 0 Å². The summed E-state index contributed by atoms with van der Waals surface area (Å²) in [7, 11) is 0. The molecule has 1 aromatic rings. The lowest BCUT2D eigenvalue weighted by molar-refractivity contribution is -0.0733. The Kier molecular flexibility index (Phi) is 5.05. The second kappa shape index (κ2) is 6.62. The van der Waals surface area contributed by atoms with Crippen LogP contribution < -0.4 is 4.90 Å². The normalized spacial score (nSPS) is 17.5. The molecule has 1 aromatic heterocycles. The van der Waals surface area contributed by atoms with E-state index in [2.05, 4.69) is 14.9 Å². The molecule has 0 aromatic carbocycles. The fourth-order valence-corrected chi connectivity index (χ4v) is 2.33. The number of alkyl halides is 2. The molecule has 2 rings (SSSR count). The maximum Gasteiger partial charge on any atom is 0.283 e. The van der Waals surface area contributed by atoms with Crippen molar-refractivity contribution in [3.8, 4) is 0 Å². The number of aliphatic hydroxyl groups is 1. The Bertz CT molecular complexity index is 462. The van der Waals surface area contributed by atoms with Crippen LogP contribution in [0.15, 0.2) is 12.3 Å². The Labute approximate surface area is 123 Å². The summed E-state index contributed by atoms with van der Waals surface area (Å²) in [4.78, 5) is 12.5. The van der Waals surface area contributed by atoms with Crippen LogP contribution in [-0.4, -0.2) is 65.2 Å². The van der Waals surface area contributed by atoms with Crippen LogP contribution in [0.25, 0.3) is 0 Å². The van der Waals surface area contributed by atoms with Gasteiger partial charge in [0, 0.05) is 38.3 Å². The lowest BCUT2D eigenvalue weighted by atomic mass is 10.2. The standard InChI is InChI=1S/C14H22F2N4O/c1-11(2)13-17-4-3-12(18-13)20-7-5-19(6-8-20)9-14(15,16)10-21/h3-4,11,21H,5-10H2,1-2H3. The number of piperazine rings is 1. The maximum atomic E-state index is 13.2. The van der Waals surface area contributed by atoms with E-state index in [1.54, 1.807) is 11.1 Å². The monoisotopic (exact) mass is 300 g/mol. The first kappa shape index (κ1) is 16.0. The maximum absolute atomic E-state index is 13.2. The molecule has 7 heteroatoms. The highest BCUT2D eigenvalue weighted by Gasteiger charge is 2.32. The third kappa shape index (κ3) is 4.31. The van der Waals surface area contributed by atoms with Crippen molar-refractivity contribution in [2.45, 2.75) is 25.7 Å². The van der Waals surface area contributed by atoms with E-state index in [0.29, 0.717) is 26.2 Å². The molecule has 0 atom stereocenters. The number of anilines is 1. The zero-order valence-electron chi connectivity index (χ0n) is 12.5. The first-order valence-corrected chi connectivity index (χ1v) is 7.20. The molecule has 2 heterocycles. The SMILES string of the molecule is CC(C)c1nccc(N2CCN(CC(F)(F)CO)CC2)n1. The molecule has 0 radical (unpaired) electrons. The number of hydrogen-bond acceptors (Lipinski definition) is 5. The Hall–Kier alpha value is -1.34. The van der Waals surface area contributed by atoms with Crippen molar-refractivity contribution in [3.63, 3.8) is 0 Å². The molecule has 0 amide bonds. The van der Waals surface area contributed by atoms with Crippen LogP contribution in [0.4, 0.5) is 14.6 Å². The molecule has 118 valence electrons. The smallest absolute Gasteiger partial charge is 0.283 e. The number of halogens is 2. The van der Waals surface area contributed by atoms with Gasteiger partial charge >= 0.3 is 0 Å². The van der Waals surface area contributed by atoms with Crippen molar-refractivity contribution in [1.29, 1.82) is 0 Å². The van der Waals surface area contributed by atoms with E-state index in [0.717, 1.165) is 11.6 Å². The molecule has 1 saturated heterocycles. The highest BCUT2D eigenvalue weighted by Crippen LogP contribution is 2.19. The van der Waals surface area contributed by atoms with E-state index in [-0.39, 0.29) is 5.92 Å². The average molecular weight is 300 g/mol. The molecule has 0 spiro atoms. The van der Waals surface area contributed by atoms with E-state index < -0.39 is 19.1 Å². The molecular formula is C14H22F2N4O. The Balaban J connectivity index is 1.93. The van der Waals surface area contributed by atoms with Gasteiger partial charge in [-0.3, -0.25) is 4.90 Å². The van der Waals surface area contributed by atoms with Crippen molar-refractivity contribution in [2.75, 3.05) is 44.2 Å². The van der Waals surface area contributed by atoms with Gasteiger partial charge in [0.25, 0.3) is 5.92 Å². The Morgan fingerprint density at radius 3 is 2.52 bits per heavy atom. The number of aliphatic hydroxyl groups excluding tert-OH is 1. The lowest BCUT2D eigenvalue weighted by Crippen LogP contribution is -2.50. The summed E-state index contributed by atoms with van der Waals surface area (Å²) < 4.78 is 26.3. The summed E-state index contributed by atoms with van der Waals surface area (Å²) in [5, 5.41) is 8.63. The number of rotatable bonds is 5. The fraction of sp³-hybridized carbons (Fsp3) is 0.714. The van der Waals surface area contributed by atoms with Gasteiger partial charge in [-0.1, -0.05) is 13.8 Å². The summed E-state index contributed by atoms with van der Waals surface area (Å²) in [6, 6.07) is 1.85. The molecule has 1 aliphatic heterocycles. The minimum Gasteiger partial charge on any atom is -0.390 e. The van der Waals surface area contributed by atoms with E-state index in [4.69, 9.17) is 5.11 Å². The average Bonchev–Trinajstić information content (AvgIpc) is 2.48. The molecule has 5 nitrogen and oxygen atoms in total. The number of hydrogen-bond donors (Lipinski definition) is 1. The highest BCUT2D eigenvalue weighted by molar-refractivity contribution is 5.38. The van der Waals surface area contributed by atoms with E-state index in [1.807, 2.05) is 19.9 Å². The Morgan fingerprint density at radius 2 is 1.95 bits per heavy atom. The van der Waals surface area contributed by atoms with Crippen LogP contribution in [0.5, 0.6) is 0 Å². The summed E-state index contributed by atoms with van der Waals surface area (Å²) in [5.74, 6) is -1.12. The predicted molar refractivity (Wildman–Crippen MR) is 76.8 cm³/mol. The molecular weight excluding hydrogens is 278 g/mol. The van der Waals surface area contributed by atoms with Gasteiger partial charge < -0.3 is 10.0 Å². The zero-order valence-corrected chi connectivity index (χ0v) is 12.5. The number of aromatic nitrogens is 2. The largest absolute Gasteiger partial charge is 0.390 e. The van der Waals surface area contributed by atoms with E-state index in [1.165, 1.54) is 0 Å². The van der Waals surface area contributed by atoms with Gasteiger partial charge in [-0.2, -0.15) is 0 Å². The first-order chi connectivity index (χ1) is 9.91. The molecule has 1 aliphatic rings. The summed E-state index contributed by atoms with van der Waals surface area (Å²) >= 11 is 0. The summed E-state index contributed by atoms with van der Waals surface area (Å²) in [6.45, 7) is 4.95. The minimum absolute atomic E-state index is 0.259. The molecule has 1 fully saturated rings. The molecule has 0 aliphatic carbocycles. The quantitative estimate of drug-likeness (QED) is 0.889. The van der Waals surface area contributed by atoms with Crippen molar-refractivity contribution in [3.05, 3.63) is 18.1 Å². The second-order valence-electron chi connectivity index (χ2n) is 5.70. The van der Waals surface area contributed by atoms with Gasteiger partial charge in [0.05, 0.1) is 6.54 Å². The Morgan fingerprint density at radius 1 is 1.29 bits per heavy atom. The topological polar surface area (TPSA) is 52.5 Å². The predicted octanol–water partition coefficient (Wildman–Crippen LogP) is 1.35. The molecule has 0 bridgehead atoms. The van der Waals surface area contributed by atoms with Crippen LogP contribution in [0.3, 0.4) is 0 Å². The van der Waals surface area contributed by atoms with Crippen LogP contribution in [-0.2, 0) is 0 Å². The van der Waals surface area contributed by atoms with Gasteiger partial charge in [0.15, 0.2) is 0 Å². The molecule has 1 N–H and O–H groups in total. The van der Waals surface area contributed by atoms with Crippen LogP contribution in [0.1, 0.15) is 25.6 Å². The first-order valence-electron chi connectivity index (χ1n) is 7.20. The highest BCUT2D eigenvalue weighted by atomic mass is 19.3. The third-order valence-corrected chi connectivity index (χ3v) is 3.56. The summed E-state index contributed by atoms with van der Waals surface area (Å²) in [6.07, 6.45) is 1.74. The van der Waals surface area contributed by atoms with Crippen LogP contribution in [0, 0.1) is 0 Å². The zero-order chi connectivity index (χ0) is 15.5. The second-order valence-corrected chi connectivity index (χ2v) is 5.70. The van der Waals surface area contributed by atoms with E-state index in [9.17, 15) is 8.78 Å². The fourth-order valence-electron chi connectivity index (χ4n) is 2.33. The van der Waals surface area contributed by atoms with Gasteiger partial charge in [0.2, 0.25) is 0 Å². The molecule has 0 saturated carbocycles. The van der Waals surface area contributed by atoms with Crippen molar-refractivity contribution >= 4 is 5.82 Å². The van der Waals surface area contributed by atoms with Gasteiger partial charge in [-0.15, -0.1) is 0 Å². The van der Waals surface area contributed by atoms with E-state index >= 15 is 0 Å². The van der Waals surface area contributed by atoms with Crippen LogP contribution in [0.2, 0.25) is 0 Å². The van der Waals surface area contributed by atoms with Crippen molar-refractivity contribution < 1.29 is 13.9 Å². The van der Waals surface area contributed by atoms with Gasteiger partial charge in [-0.05, 0) is 6.07 Å². The summed E-state index contributed by atoms with van der Waals surface area (Å²) in [5.41, 5.74) is 0. The third-order valence-electron chi connectivity index (χ3n) is 3.56.